The van der Waals surface area contributed by atoms with Gasteiger partial charge in [0, 0.05) is 17.3 Å². The Bertz CT molecular complexity index is 626. The lowest BCUT2D eigenvalue weighted by Gasteiger charge is -2.22. The van der Waals surface area contributed by atoms with E-state index in [0.29, 0.717) is 0 Å². The number of rotatable bonds is 4. The number of anilines is 1. The molecule has 0 saturated heterocycles. The molecule has 2 aromatic heterocycles. The van der Waals surface area contributed by atoms with Crippen molar-refractivity contribution >= 4 is 22.9 Å². The first kappa shape index (κ1) is 14.0. The number of aromatic nitrogens is 2. The van der Waals surface area contributed by atoms with E-state index in [0.717, 1.165) is 35.7 Å². The summed E-state index contributed by atoms with van der Waals surface area (Å²) in [5.41, 5.74) is 1.92. The fraction of sp³-hybridized carbons (Fsp3) is 0.400. The Hall–Kier alpha value is -1.95. The van der Waals surface area contributed by atoms with Crippen molar-refractivity contribution in [2.75, 3.05) is 11.9 Å². The highest BCUT2D eigenvalue weighted by molar-refractivity contribution is 7.11. The van der Waals surface area contributed by atoms with Crippen molar-refractivity contribution in [3.63, 3.8) is 0 Å². The van der Waals surface area contributed by atoms with E-state index in [9.17, 15) is 4.79 Å². The summed E-state index contributed by atoms with van der Waals surface area (Å²) < 4.78 is 0. The van der Waals surface area contributed by atoms with E-state index in [2.05, 4.69) is 20.6 Å². The molecule has 0 radical (unpaired) electrons. The van der Waals surface area contributed by atoms with Crippen LogP contribution in [0.15, 0.2) is 24.5 Å². The van der Waals surface area contributed by atoms with Crippen LogP contribution in [0.3, 0.4) is 0 Å². The summed E-state index contributed by atoms with van der Waals surface area (Å²) in [6.45, 7) is 2.27. The zero-order valence-electron chi connectivity index (χ0n) is 11.9. The van der Waals surface area contributed by atoms with Crippen LogP contribution >= 0.6 is 11.3 Å². The fourth-order valence-corrected chi connectivity index (χ4v) is 3.62. The number of carbonyl (C=O) groups excluding carboxylic acids is 1. The number of nitrogens with zero attached hydrogens (tertiary/aromatic N) is 2. The second-order valence-electron chi connectivity index (χ2n) is 5.15. The summed E-state index contributed by atoms with van der Waals surface area (Å²) in [7, 11) is 0. The summed E-state index contributed by atoms with van der Waals surface area (Å²) in [5, 5.41) is 7.23. The summed E-state index contributed by atoms with van der Waals surface area (Å²) in [5.74, 6) is -0.0117. The molecule has 2 heterocycles. The topological polar surface area (TPSA) is 66.9 Å². The third-order valence-corrected chi connectivity index (χ3v) is 4.56. The average molecular weight is 302 g/mol. The van der Waals surface area contributed by atoms with Gasteiger partial charge in [0.2, 0.25) is 5.91 Å². The molecule has 0 aromatic carbocycles. The lowest BCUT2D eigenvalue weighted by atomic mass is 9.97. The number of hydrogen-bond donors (Lipinski definition) is 2. The number of thiazole rings is 1. The van der Waals surface area contributed by atoms with Gasteiger partial charge in [-0.2, -0.15) is 0 Å². The molecular weight excluding hydrogens is 284 g/mol. The van der Waals surface area contributed by atoms with Crippen molar-refractivity contribution in [3.05, 3.63) is 40.1 Å². The molecule has 0 spiro atoms. The van der Waals surface area contributed by atoms with Gasteiger partial charge in [-0.15, -0.1) is 11.3 Å². The van der Waals surface area contributed by atoms with Crippen LogP contribution in [0, 0.1) is 6.92 Å². The molecule has 1 amide bonds. The lowest BCUT2D eigenvalue weighted by molar-refractivity contribution is -0.120. The van der Waals surface area contributed by atoms with Crippen LogP contribution in [-0.2, 0) is 11.2 Å². The number of aryl methyl sites for hydroxylation is 2. The summed E-state index contributed by atoms with van der Waals surface area (Å²) in [6.07, 6.45) is 6.57. The normalized spacial score (nSPS) is 17.1. The Labute approximate surface area is 127 Å². The van der Waals surface area contributed by atoms with Crippen LogP contribution in [0.5, 0.6) is 0 Å². The number of nitrogens with one attached hydrogen (secondary N) is 2. The minimum Gasteiger partial charge on any atom is -0.375 e. The largest absolute Gasteiger partial charge is 0.375 e. The second kappa shape index (κ2) is 6.22. The van der Waals surface area contributed by atoms with E-state index in [4.69, 9.17) is 0 Å². The number of carbonyl (C=O) groups is 1. The molecule has 6 heteroatoms. The van der Waals surface area contributed by atoms with Gasteiger partial charge in [0.25, 0.3) is 0 Å². The van der Waals surface area contributed by atoms with Crippen molar-refractivity contribution in [1.82, 2.24) is 15.3 Å². The SMILES string of the molecule is Cc1nc2c(s1)CCCC2NC(=O)CNc1cccnc1. The van der Waals surface area contributed by atoms with Gasteiger partial charge < -0.3 is 10.6 Å². The van der Waals surface area contributed by atoms with E-state index in [-0.39, 0.29) is 18.5 Å². The van der Waals surface area contributed by atoms with Crippen LogP contribution in [0.4, 0.5) is 5.69 Å². The van der Waals surface area contributed by atoms with Crippen LogP contribution in [0.25, 0.3) is 0 Å². The number of hydrogen-bond acceptors (Lipinski definition) is 5. The zero-order valence-corrected chi connectivity index (χ0v) is 12.7. The first-order valence-corrected chi connectivity index (χ1v) is 7.93. The van der Waals surface area contributed by atoms with Gasteiger partial charge in [-0.1, -0.05) is 0 Å². The van der Waals surface area contributed by atoms with Gasteiger partial charge in [0.05, 0.1) is 29.0 Å². The van der Waals surface area contributed by atoms with Gasteiger partial charge in [-0.3, -0.25) is 9.78 Å². The Morgan fingerprint density at radius 3 is 3.24 bits per heavy atom. The van der Waals surface area contributed by atoms with Gasteiger partial charge in [-0.25, -0.2) is 4.98 Å². The van der Waals surface area contributed by atoms with E-state index in [1.54, 1.807) is 23.7 Å². The van der Waals surface area contributed by atoms with Crippen molar-refractivity contribution < 1.29 is 4.79 Å². The molecule has 3 rings (SSSR count). The number of pyridine rings is 1. The molecule has 0 aliphatic heterocycles. The highest BCUT2D eigenvalue weighted by Crippen LogP contribution is 2.32. The predicted molar refractivity (Wildman–Crippen MR) is 83.4 cm³/mol. The molecule has 0 bridgehead atoms. The quantitative estimate of drug-likeness (QED) is 0.910. The van der Waals surface area contributed by atoms with E-state index >= 15 is 0 Å². The van der Waals surface area contributed by atoms with Gasteiger partial charge >= 0.3 is 0 Å². The molecule has 1 atom stereocenters. The summed E-state index contributed by atoms with van der Waals surface area (Å²) in [4.78, 5) is 22.0. The number of amides is 1. The standard InChI is InChI=1S/C15H18N4OS/c1-10-18-15-12(5-2-6-13(15)21-10)19-14(20)9-17-11-4-3-7-16-8-11/h3-4,7-8,12,17H,2,5-6,9H2,1H3,(H,19,20). The minimum absolute atomic E-state index is 0.0117. The number of fused-ring (bicyclic) bond motifs is 1. The predicted octanol–water partition coefficient (Wildman–Crippen LogP) is 2.45. The molecule has 2 N–H and O–H groups in total. The maximum absolute atomic E-state index is 12.1. The van der Waals surface area contributed by atoms with E-state index in [1.807, 2.05) is 19.1 Å². The smallest absolute Gasteiger partial charge is 0.239 e. The first-order valence-electron chi connectivity index (χ1n) is 7.12. The molecule has 110 valence electrons. The van der Waals surface area contributed by atoms with Gasteiger partial charge in [-0.05, 0) is 38.3 Å². The van der Waals surface area contributed by atoms with Gasteiger partial charge in [0.1, 0.15) is 0 Å². The molecule has 1 aliphatic rings. The Morgan fingerprint density at radius 2 is 2.43 bits per heavy atom. The van der Waals surface area contributed by atoms with Gasteiger partial charge in [0.15, 0.2) is 0 Å². The maximum Gasteiger partial charge on any atom is 0.239 e. The minimum atomic E-state index is -0.0117. The zero-order chi connectivity index (χ0) is 14.7. The molecular formula is C15H18N4OS. The Balaban J connectivity index is 1.58. The highest BCUT2D eigenvalue weighted by atomic mass is 32.1. The summed E-state index contributed by atoms with van der Waals surface area (Å²) >= 11 is 1.74. The molecule has 0 fully saturated rings. The summed E-state index contributed by atoms with van der Waals surface area (Å²) in [6, 6.07) is 3.79. The fourth-order valence-electron chi connectivity index (χ4n) is 2.58. The monoisotopic (exact) mass is 302 g/mol. The second-order valence-corrected chi connectivity index (χ2v) is 6.44. The van der Waals surface area contributed by atoms with Crippen molar-refractivity contribution in [2.24, 2.45) is 0 Å². The van der Waals surface area contributed by atoms with Crippen LogP contribution < -0.4 is 10.6 Å². The van der Waals surface area contributed by atoms with Crippen molar-refractivity contribution in [3.8, 4) is 0 Å². The van der Waals surface area contributed by atoms with Crippen LogP contribution in [-0.4, -0.2) is 22.4 Å². The highest BCUT2D eigenvalue weighted by Gasteiger charge is 2.25. The molecule has 0 saturated carbocycles. The average Bonchev–Trinajstić information content (AvgIpc) is 2.88. The Morgan fingerprint density at radius 1 is 1.52 bits per heavy atom. The third-order valence-electron chi connectivity index (χ3n) is 3.51. The van der Waals surface area contributed by atoms with E-state index in [1.165, 1.54) is 4.88 Å². The molecule has 2 aromatic rings. The lowest BCUT2D eigenvalue weighted by Crippen LogP contribution is -2.35. The van der Waals surface area contributed by atoms with Crippen molar-refractivity contribution in [1.29, 1.82) is 0 Å². The Kier molecular flexibility index (Phi) is 4.15. The molecule has 1 aliphatic carbocycles. The maximum atomic E-state index is 12.1. The first-order chi connectivity index (χ1) is 10.2. The van der Waals surface area contributed by atoms with Crippen LogP contribution in [0.1, 0.15) is 34.5 Å². The van der Waals surface area contributed by atoms with E-state index < -0.39 is 0 Å². The van der Waals surface area contributed by atoms with Crippen LogP contribution in [0.2, 0.25) is 0 Å². The third kappa shape index (κ3) is 3.39. The molecule has 5 nitrogen and oxygen atoms in total. The van der Waals surface area contributed by atoms with Crippen molar-refractivity contribution in [2.45, 2.75) is 32.2 Å². The molecule has 21 heavy (non-hydrogen) atoms. The molecule has 1 unspecified atom stereocenters.